The minimum atomic E-state index is -0.885. The summed E-state index contributed by atoms with van der Waals surface area (Å²) in [6.07, 6.45) is 2.22. The quantitative estimate of drug-likeness (QED) is 0.906. The van der Waals surface area contributed by atoms with E-state index in [-0.39, 0.29) is 5.41 Å². The van der Waals surface area contributed by atoms with Gasteiger partial charge >= 0.3 is 5.97 Å². The summed E-state index contributed by atoms with van der Waals surface area (Å²) >= 11 is 6.18. The highest BCUT2D eigenvalue weighted by Gasteiger charge is 2.46. The summed E-state index contributed by atoms with van der Waals surface area (Å²) in [6.45, 7) is 2.86. The van der Waals surface area contributed by atoms with Crippen molar-refractivity contribution in [1.29, 1.82) is 0 Å². The molecule has 3 rings (SSSR count). The molecule has 1 saturated carbocycles. The zero-order valence-electron chi connectivity index (χ0n) is 10.6. The Morgan fingerprint density at radius 2 is 2.05 bits per heavy atom. The summed E-state index contributed by atoms with van der Waals surface area (Å²) < 4.78 is 11.5. The van der Waals surface area contributed by atoms with Gasteiger partial charge in [0.2, 0.25) is 0 Å². The molecule has 1 unspecified atom stereocenters. The van der Waals surface area contributed by atoms with E-state index in [4.69, 9.17) is 26.2 Å². The van der Waals surface area contributed by atoms with Crippen molar-refractivity contribution in [2.24, 2.45) is 5.41 Å². The maximum Gasteiger partial charge on any atom is 0.310 e. The van der Waals surface area contributed by atoms with Crippen molar-refractivity contribution in [1.82, 2.24) is 0 Å². The minimum Gasteiger partial charge on any atom is -0.489 e. The predicted molar refractivity (Wildman–Crippen MR) is 70.2 cm³/mol. The van der Waals surface area contributed by atoms with Crippen LogP contribution in [0.2, 0.25) is 5.02 Å². The second-order valence-corrected chi connectivity index (χ2v) is 5.87. The van der Waals surface area contributed by atoms with E-state index in [9.17, 15) is 4.79 Å². The van der Waals surface area contributed by atoms with Gasteiger partial charge in [0.15, 0.2) is 11.5 Å². The smallest absolute Gasteiger partial charge is 0.310 e. The van der Waals surface area contributed by atoms with Gasteiger partial charge in [0.05, 0.1) is 24.2 Å². The molecule has 0 saturated heterocycles. The number of rotatable bonds is 2. The van der Waals surface area contributed by atoms with E-state index < -0.39 is 11.9 Å². The lowest BCUT2D eigenvalue weighted by Crippen LogP contribution is -2.17. The Balaban J connectivity index is 1.95. The summed E-state index contributed by atoms with van der Waals surface area (Å²) in [5.41, 5.74) is 0.771. The van der Waals surface area contributed by atoms with Crippen LogP contribution < -0.4 is 9.47 Å². The van der Waals surface area contributed by atoms with Crippen LogP contribution in [0.5, 0.6) is 11.5 Å². The first-order valence-electron chi connectivity index (χ1n) is 6.33. The van der Waals surface area contributed by atoms with E-state index in [0.29, 0.717) is 35.3 Å². The summed E-state index contributed by atoms with van der Waals surface area (Å²) in [5, 5.41) is 9.48. The standard InChI is InChI=1S/C14H15ClO4/c1-8(13(16)17)9-4-10(15)12-11(5-9)18-6-14(2-3-14)7-19-12/h4-5,8H,2-3,6-7H2,1H3,(H,16,17). The molecule has 0 amide bonds. The molecule has 1 spiro atoms. The molecule has 102 valence electrons. The molecule has 1 aliphatic carbocycles. The topological polar surface area (TPSA) is 55.8 Å². The third-order valence-electron chi connectivity index (χ3n) is 3.92. The van der Waals surface area contributed by atoms with Gasteiger partial charge < -0.3 is 14.6 Å². The highest BCUT2D eigenvalue weighted by atomic mass is 35.5. The first kappa shape index (κ1) is 12.6. The molecule has 0 bridgehead atoms. The second kappa shape index (κ2) is 4.30. The van der Waals surface area contributed by atoms with Crippen molar-refractivity contribution < 1.29 is 19.4 Å². The zero-order chi connectivity index (χ0) is 13.6. The molecule has 1 atom stereocenters. The number of halogens is 1. The fourth-order valence-electron chi connectivity index (χ4n) is 2.19. The highest BCUT2D eigenvalue weighted by molar-refractivity contribution is 6.32. The molecule has 1 fully saturated rings. The molecular formula is C14H15ClO4. The molecule has 5 heteroatoms. The number of benzene rings is 1. The Bertz CT molecular complexity index is 536. The van der Waals surface area contributed by atoms with Gasteiger partial charge in [0.25, 0.3) is 0 Å². The van der Waals surface area contributed by atoms with Gasteiger partial charge in [-0.2, -0.15) is 0 Å². The van der Waals surface area contributed by atoms with Crippen molar-refractivity contribution in [3.05, 3.63) is 22.7 Å². The number of carboxylic acids is 1. The average Bonchev–Trinajstić information content (AvgIpc) is 3.16. The Hall–Kier alpha value is -1.42. The normalized spacial score (nSPS) is 20.7. The van der Waals surface area contributed by atoms with Crippen molar-refractivity contribution in [3.63, 3.8) is 0 Å². The maximum absolute atomic E-state index is 11.0. The van der Waals surface area contributed by atoms with Crippen molar-refractivity contribution >= 4 is 17.6 Å². The first-order valence-corrected chi connectivity index (χ1v) is 6.70. The maximum atomic E-state index is 11.0. The molecule has 19 heavy (non-hydrogen) atoms. The van der Waals surface area contributed by atoms with Gasteiger partial charge in [-0.15, -0.1) is 0 Å². The van der Waals surface area contributed by atoms with E-state index in [1.165, 1.54) is 0 Å². The van der Waals surface area contributed by atoms with E-state index in [1.807, 2.05) is 0 Å². The van der Waals surface area contributed by atoms with Crippen LogP contribution >= 0.6 is 11.6 Å². The monoisotopic (exact) mass is 282 g/mol. The number of ether oxygens (including phenoxy) is 2. The molecule has 1 N–H and O–H groups in total. The minimum absolute atomic E-state index is 0.140. The lowest BCUT2D eigenvalue weighted by molar-refractivity contribution is -0.138. The molecule has 1 aromatic carbocycles. The van der Waals surface area contributed by atoms with Gasteiger partial charge in [-0.3, -0.25) is 4.79 Å². The number of hydrogen-bond donors (Lipinski definition) is 1. The zero-order valence-corrected chi connectivity index (χ0v) is 11.4. The third-order valence-corrected chi connectivity index (χ3v) is 4.20. The second-order valence-electron chi connectivity index (χ2n) is 5.47. The Kier molecular flexibility index (Phi) is 2.86. The van der Waals surface area contributed by atoms with Crippen LogP contribution in [0.4, 0.5) is 0 Å². The van der Waals surface area contributed by atoms with Crippen LogP contribution in [0.3, 0.4) is 0 Å². The van der Waals surface area contributed by atoms with Gasteiger partial charge in [0, 0.05) is 5.41 Å². The highest BCUT2D eigenvalue weighted by Crippen LogP contribution is 2.50. The molecule has 1 aliphatic heterocycles. The molecule has 4 nitrogen and oxygen atoms in total. The van der Waals surface area contributed by atoms with E-state index in [1.54, 1.807) is 19.1 Å². The van der Waals surface area contributed by atoms with Gasteiger partial charge in [-0.25, -0.2) is 0 Å². The summed E-state index contributed by atoms with van der Waals surface area (Å²) in [5.74, 6) is -0.417. The Morgan fingerprint density at radius 1 is 1.37 bits per heavy atom. The third kappa shape index (κ3) is 2.25. The van der Waals surface area contributed by atoms with Gasteiger partial charge in [-0.1, -0.05) is 11.6 Å². The average molecular weight is 283 g/mol. The van der Waals surface area contributed by atoms with Crippen LogP contribution in [0.1, 0.15) is 31.2 Å². The number of aliphatic carboxylic acids is 1. The number of carbonyl (C=O) groups is 1. The summed E-state index contributed by atoms with van der Waals surface area (Å²) in [6, 6.07) is 3.37. The van der Waals surface area contributed by atoms with E-state index >= 15 is 0 Å². The summed E-state index contributed by atoms with van der Waals surface area (Å²) in [4.78, 5) is 11.0. The lowest BCUT2D eigenvalue weighted by atomic mass is 10.0. The van der Waals surface area contributed by atoms with Crippen LogP contribution in [0.25, 0.3) is 0 Å². The van der Waals surface area contributed by atoms with Gasteiger partial charge in [0.1, 0.15) is 0 Å². The van der Waals surface area contributed by atoms with Crippen LogP contribution in [0.15, 0.2) is 12.1 Å². The molecule has 1 aromatic rings. The fraction of sp³-hybridized carbons (Fsp3) is 0.500. The number of hydrogen-bond acceptors (Lipinski definition) is 3. The SMILES string of the molecule is CC(C(=O)O)c1cc(Cl)c2c(c1)OCC1(CC1)CO2. The molecule has 0 radical (unpaired) electrons. The van der Waals surface area contributed by atoms with Gasteiger partial charge in [-0.05, 0) is 37.5 Å². The number of fused-ring (bicyclic) bond motifs is 1. The molecule has 1 heterocycles. The number of carboxylic acid groups (broad SMARTS) is 1. The van der Waals surface area contributed by atoms with Crippen LogP contribution in [-0.2, 0) is 4.79 Å². The predicted octanol–water partition coefficient (Wildman–Crippen LogP) is 3.08. The van der Waals surface area contributed by atoms with Crippen molar-refractivity contribution in [3.8, 4) is 11.5 Å². The van der Waals surface area contributed by atoms with E-state index in [0.717, 1.165) is 12.8 Å². The molecular weight excluding hydrogens is 268 g/mol. The first-order chi connectivity index (χ1) is 9.01. The largest absolute Gasteiger partial charge is 0.489 e. The Labute approximate surface area is 116 Å². The van der Waals surface area contributed by atoms with Crippen molar-refractivity contribution in [2.75, 3.05) is 13.2 Å². The van der Waals surface area contributed by atoms with Crippen LogP contribution in [-0.4, -0.2) is 24.3 Å². The van der Waals surface area contributed by atoms with Crippen LogP contribution in [0, 0.1) is 5.41 Å². The fourth-order valence-corrected chi connectivity index (χ4v) is 2.46. The molecule has 2 aliphatic rings. The Morgan fingerprint density at radius 3 is 2.68 bits per heavy atom. The lowest BCUT2D eigenvalue weighted by Gasteiger charge is -2.13. The van der Waals surface area contributed by atoms with Crippen molar-refractivity contribution in [2.45, 2.75) is 25.7 Å². The van der Waals surface area contributed by atoms with E-state index in [2.05, 4.69) is 0 Å². The summed E-state index contributed by atoms with van der Waals surface area (Å²) in [7, 11) is 0. The molecule has 0 aromatic heterocycles.